The largest absolute Gasteiger partial charge is 0.508 e. The minimum Gasteiger partial charge on any atom is -0.508 e. The molecule has 0 spiro atoms. The zero-order valence-corrected chi connectivity index (χ0v) is 12.0. The summed E-state index contributed by atoms with van der Waals surface area (Å²) in [6.45, 7) is -0.505. The molecule has 0 aliphatic carbocycles. The van der Waals surface area contributed by atoms with E-state index in [1.54, 1.807) is 12.1 Å². The number of nitrogens with zero attached hydrogens (tertiary/aromatic N) is 1. The molecule has 7 heteroatoms. The molecule has 114 valence electrons. The van der Waals surface area contributed by atoms with Crippen LogP contribution in [0.4, 0.5) is 0 Å². The molecule has 0 atom stereocenters. The van der Waals surface area contributed by atoms with Crippen molar-refractivity contribution in [1.29, 1.82) is 0 Å². The summed E-state index contributed by atoms with van der Waals surface area (Å²) in [5, 5.41) is 11.5. The van der Waals surface area contributed by atoms with Gasteiger partial charge in [-0.3, -0.25) is 14.4 Å². The highest BCUT2D eigenvalue weighted by Gasteiger charge is 2.14. The van der Waals surface area contributed by atoms with E-state index >= 15 is 0 Å². The Morgan fingerprint density at radius 3 is 2.43 bits per heavy atom. The van der Waals surface area contributed by atoms with Crippen molar-refractivity contribution in [2.24, 2.45) is 0 Å². The summed E-state index contributed by atoms with van der Waals surface area (Å²) in [5.74, 6) is -1.21. The SMILES string of the molecule is CNC(=O)CN(C)C(=O)COC(=O)Cc1ccc(O)cc1. The zero-order valence-electron chi connectivity index (χ0n) is 12.0. The molecular weight excluding hydrogens is 276 g/mol. The molecule has 1 aromatic carbocycles. The fraction of sp³-hybridized carbons (Fsp3) is 0.357. The van der Waals surface area contributed by atoms with E-state index < -0.39 is 18.5 Å². The van der Waals surface area contributed by atoms with Gasteiger partial charge in [-0.25, -0.2) is 0 Å². The van der Waals surface area contributed by atoms with Gasteiger partial charge in [-0.15, -0.1) is 0 Å². The number of amides is 2. The highest BCUT2D eigenvalue weighted by molar-refractivity contribution is 5.86. The number of likely N-dealkylation sites (N-methyl/N-ethyl adjacent to an activating group) is 2. The Labute approximate surface area is 122 Å². The Balaban J connectivity index is 2.37. The van der Waals surface area contributed by atoms with Gasteiger partial charge < -0.3 is 20.1 Å². The van der Waals surface area contributed by atoms with Crippen molar-refractivity contribution >= 4 is 17.8 Å². The number of phenols is 1. The number of rotatable bonds is 6. The lowest BCUT2D eigenvalue weighted by atomic mass is 10.1. The van der Waals surface area contributed by atoms with Crippen LogP contribution in [0, 0.1) is 0 Å². The number of hydrogen-bond acceptors (Lipinski definition) is 5. The standard InChI is InChI=1S/C14H18N2O5/c1-15-12(18)8-16(2)13(19)9-21-14(20)7-10-3-5-11(17)6-4-10/h3-6,17H,7-9H2,1-2H3,(H,15,18). The van der Waals surface area contributed by atoms with Crippen LogP contribution in [0.3, 0.4) is 0 Å². The van der Waals surface area contributed by atoms with Crippen LogP contribution in [0.25, 0.3) is 0 Å². The lowest BCUT2D eigenvalue weighted by molar-refractivity contribution is -0.151. The first kappa shape index (κ1) is 16.5. The minimum atomic E-state index is -0.553. The van der Waals surface area contributed by atoms with Crippen LogP contribution in [0.15, 0.2) is 24.3 Å². The summed E-state index contributed by atoms with van der Waals surface area (Å²) in [6.07, 6.45) is 0.00667. The molecule has 0 fully saturated rings. The van der Waals surface area contributed by atoms with E-state index in [0.29, 0.717) is 5.56 Å². The number of carbonyl (C=O) groups is 3. The summed E-state index contributed by atoms with van der Waals surface area (Å²) in [7, 11) is 2.92. The first-order valence-corrected chi connectivity index (χ1v) is 6.30. The van der Waals surface area contributed by atoms with Gasteiger partial charge in [0.15, 0.2) is 6.61 Å². The normalized spacial score (nSPS) is 9.81. The molecule has 0 aliphatic heterocycles. The van der Waals surface area contributed by atoms with E-state index in [1.807, 2.05) is 0 Å². The summed E-state index contributed by atoms with van der Waals surface area (Å²) in [4.78, 5) is 35.5. The molecule has 7 nitrogen and oxygen atoms in total. The lowest BCUT2D eigenvalue weighted by Gasteiger charge is -2.15. The molecule has 0 saturated heterocycles. The third kappa shape index (κ3) is 5.94. The summed E-state index contributed by atoms with van der Waals surface area (Å²) in [5.41, 5.74) is 0.670. The molecule has 21 heavy (non-hydrogen) atoms. The number of nitrogens with one attached hydrogen (secondary N) is 1. The van der Waals surface area contributed by atoms with Crippen LogP contribution in [-0.4, -0.2) is 55.0 Å². The minimum absolute atomic E-state index is 0.00667. The first-order chi connectivity index (χ1) is 9.92. The fourth-order valence-corrected chi connectivity index (χ4v) is 1.47. The predicted molar refractivity (Wildman–Crippen MR) is 74.5 cm³/mol. The number of esters is 1. The van der Waals surface area contributed by atoms with E-state index in [9.17, 15) is 14.4 Å². The number of aromatic hydroxyl groups is 1. The van der Waals surface area contributed by atoms with Crippen LogP contribution >= 0.6 is 0 Å². The Kier molecular flexibility index (Phi) is 6.19. The first-order valence-electron chi connectivity index (χ1n) is 6.30. The molecule has 1 rings (SSSR count). The van der Waals surface area contributed by atoms with Gasteiger partial charge in [-0.05, 0) is 17.7 Å². The second kappa shape index (κ2) is 7.88. The zero-order chi connectivity index (χ0) is 15.8. The topological polar surface area (TPSA) is 95.9 Å². The average Bonchev–Trinajstić information content (AvgIpc) is 2.46. The van der Waals surface area contributed by atoms with Crippen LogP contribution in [0.1, 0.15) is 5.56 Å². The molecule has 0 heterocycles. The number of phenolic OH excluding ortho intramolecular Hbond substituents is 1. The summed E-state index contributed by atoms with van der Waals surface area (Å²) >= 11 is 0. The Morgan fingerprint density at radius 2 is 1.86 bits per heavy atom. The van der Waals surface area contributed by atoms with Crippen LogP contribution in [-0.2, 0) is 25.5 Å². The Morgan fingerprint density at radius 1 is 1.24 bits per heavy atom. The van der Waals surface area contributed by atoms with Crippen LogP contribution in [0.2, 0.25) is 0 Å². The average molecular weight is 294 g/mol. The molecule has 2 amide bonds. The maximum Gasteiger partial charge on any atom is 0.310 e. The molecule has 0 bridgehead atoms. The van der Waals surface area contributed by atoms with E-state index in [-0.39, 0.29) is 24.6 Å². The third-order valence-corrected chi connectivity index (χ3v) is 2.73. The van der Waals surface area contributed by atoms with Crippen molar-refractivity contribution in [3.63, 3.8) is 0 Å². The Bertz CT molecular complexity index is 513. The van der Waals surface area contributed by atoms with Gasteiger partial charge in [0, 0.05) is 14.1 Å². The molecule has 1 aromatic rings. The molecule has 0 aromatic heterocycles. The van der Waals surface area contributed by atoms with Crippen LogP contribution < -0.4 is 5.32 Å². The maximum absolute atomic E-state index is 11.6. The van der Waals surface area contributed by atoms with Gasteiger partial charge in [-0.1, -0.05) is 12.1 Å². The molecule has 0 saturated carbocycles. The second-order valence-electron chi connectivity index (χ2n) is 4.43. The molecule has 0 unspecified atom stereocenters. The van der Waals surface area contributed by atoms with E-state index in [2.05, 4.69) is 5.32 Å². The Hall–Kier alpha value is -2.57. The van der Waals surface area contributed by atoms with Crippen LogP contribution in [0.5, 0.6) is 5.75 Å². The number of benzene rings is 1. The monoisotopic (exact) mass is 294 g/mol. The van der Waals surface area contributed by atoms with Gasteiger partial charge >= 0.3 is 5.97 Å². The van der Waals surface area contributed by atoms with Gasteiger partial charge in [-0.2, -0.15) is 0 Å². The summed E-state index contributed by atoms with van der Waals surface area (Å²) < 4.78 is 4.85. The van der Waals surface area contributed by atoms with Gasteiger partial charge in [0.1, 0.15) is 5.75 Å². The van der Waals surface area contributed by atoms with Crippen molar-refractivity contribution in [2.45, 2.75) is 6.42 Å². The molecule has 2 N–H and O–H groups in total. The van der Waals surface area contributed by atoms with Gasteiger partial charge in [0.25, 0.3) is 5.91 Å². The highest BCUT2D eigenvalue weighted by Crippen LogP contribution is 2.10. The molecule has 0 radical (unpaired) electrons. The lowest BCUT2D eigenvalue weighted by Crippen LogP contribution is -2.39. The highest BCUT2D eigenvalue weighted by atomic mass is 16.5. The number of hydrogen-bond donors (Lipinski definition) is 2. The quantitative estimate of drug-likeness (QED) is 0.701. The maximum atomic E-state index is 11.6. The van der Waals surface area contributed by atoms with Crippen molar-refractivity contribution in [2.75, 3.05) is 27.2 Å². The van der Waals surface area contributed by atoms with E-state index in [4.69, 9.17) is 9.84 Å². The molecule has 0 aliphatic rings. The fourth-order valence-electron chi connectivity index (χ4n) is 1.47. The van der Waals surface area contributed by atoms with Crippen molar-refractivity contribution < 1.29 is 24.2 Å². The number of ether oxygens (including phenoxy) is 1. The van der Waals surface area contributed by atoms with Crippen molar-refractivity contribution in [3.8, 4) is 5.75 Å². The van der Waals surface area contributed by atoms with Gasteiger partial charge in [0.05, 0.1) is 13.0 Å². The smallest absolute Gasteiger partial charge is 0.310 e. The van der Waals surface area contributed by atoms with Crippen molar-refractivity contribution in [1.82, 2.24) is 10.2 Å². The molecular formula is C14H18N2O5. The second-order valence-corrected chi connectivity index (χ2v) is 4.43. The van der Waals surface area contributed by atoms with Gasteiger partial charge in [0.2, 0.25) is 5.91 Å². The number of carbonyl (C=O) groups excluding carboxylic acids is 3. The predicted octanol–water partition coefficient (Wildman–Crippen LogP) is -0.318. The summed E-state index contributed by atoms with van der Waals surface area (Å²) in [6, 6.07) is 6.11. The van der Waals surface area contributed by atoms with E-state index in [1.165, 1.54) is 31.1 Å². The third-order valence-electron chi connectivity index (χ3n) is 2.73. The van der Waals surface area contributed by atoms with Crippen molar-refractivity contribution in [3.05, 3.63) is 29.8 Å². The van der Waals surface area contributed by atoms with E-state index in [0.717, 1.165) is 0 Å².